The molecular weight excluding hydrogens is 186 g/mol. The zero-order chi connectivity index (χ0) is 10.8. The molecule has 0 aromatic rings. The van der Waals surface area contributed by atoms with E-state index < -0.39 is 10.0 Å². The van der Waals surface area contributed by atoms with E-state index in [1.165, 1.54) is 10.6 Å². The van der Waals surface area contributed by atoms with Gasteiger partial charge in [0.25, 0.3) is 0 Å². The quantitative estimate of drug-likeness (QED) is 0.701. The van der Waals surface area contributed by atoms with Crippen LogP contribution in [0.3, 0.4) is 0 Å². The summed E-state index contributed by atoms with van der Waals surface area (Å²) in [7, 11) is -1.41. The number of hydrogen-bond acceptors (Lipinski definition) is 2. The van der Waals surface area contributed by atoms with Gasteiger partial charge in [0.2, 0.25) is 10.0 Å². The van der Waals surface area contributed by atoms with Crippen LogP contribution >= 0.6 is 0 Å². The van der Waals surface area contributed by atoms with E-state index in [2.05, 4.69) is 0 Å². The molecule has 0 heterocycles. The van der Waals surface area contributed by atoms with E-state index in [0.29, 0.717) is 11.8 Å². The second kappa shape index (κ2) is 4.42. The third kappa shape index (κ3) is 3.65. The summed E-state index contributed by atoms with van der Waals surface area (Å²) in [5, 5.41) is 0. The summed E-state index contributed by atoms with van der Waals surface area (Å²) < 4.78 is 24.1. The molecule has 0 amide bonds. The van der Waals surface area contributed by atoms with Crippen LogP contribution in [0.25, 0.3) is 0 Å². The SMILES string of the molecule is CC(C)C(C(C)C)N(C)S(C)(=O)=O. The number of hydrogen-bond donors (Lipinski definition) is 0. The zero-order valence-corrected chi connectivity index (χ0v) is 10.2. The van der Waals surface area contributed by atoms with Crippen LogP contribution in [0.15, 0.2) is 0 Å². The van der Waals surface area contributed by atoms with Crippen molar-refractivity contribution in [1.29, 1.82) is 0 Å². The fourth-order valence-electron chi connectivity index (χ4n) is 1.83. The second-order valence-electron chi connectivity index (χ2n) is 4.26. The molecule has 0 aliphatic rings. The van der Waals surface area contributed by atoms with Crippen molar-refractivity contribution in [2.75, 3.05) is 13.3 Å². The van der Waals surface area contributed by atoms with Crippen molar-refractivity contribution in [2.45, 2.75) is 33.7 Å². The van der Waals surface area contributed by atoms with Crippen LogP contribution in [-0.2, 0) is 10.0 Å². The van der Waals surface area contributed by atoms with Crippen molar-refractivity contribution >= 4 is 10.0 Å². The number of rotatable bonds is 4. The topological polar surface area (TPSA) is 37.4 Å². The predicted molar refractivity (Wildman–Crippen MR) is 56.1 cm³/mol. The largest absolute Gasteiger partial charge is 0.213 e. The average molecular weight is 207 g/mol. The van der Waals surface area contributed by atoms with Crippen molar-refractivity contribution in [2.24, 2.45) is 11.8 Å². The minimum absolute atomic E-state index is 0.0926. The van der Waals surface area contributed by atoms with Gasteiger partial charge in [-0.1, -0.05) is 27.7 Å². The molecule has 0 unspecified atom stereocenters. The van der Waals surface area contributed by atoms with Crippen molar-refractivity contribution in [3.8, 4) is 0 Å². The van der Waals surface area contributed by atoms with E-state index in [9.17, 15) is 8.42 Å². The van der Waals surface area contributed by atoms with Gasteiger partial charge in [0, 0.05) is 13.1 Å². The van der Waals surface area contributed by atoms with Gasteiger partial charge in [-0.15, -0.1) is 0 Å². The van der Waals surface area contributed by atoms with Gasteiger partial charge >= 0.3 is 0 Å². The Morgan fingerprint density at radius 1 is 1.00 bits per heavy atom. The normalized spacial score (nSPS) is 13.7. The summed E-state index contributed by atoms with van der Waals surface area (Å²) in [6, 6.07) is 0.0926. The Morgan fingerprint density at radius 3 is 1.38 bits per heavy atom. The molecule has 0 saturated carbocycles. The maximum atomic E-state index is 11.3. The monoisotopic (exact) mass is 207 g/mol. The Balaban J connectivity index is 4.77. The van der Waals surface area contributed by atoms with Gasteiger partial charge < -0.3 is 0 Å². The smallest absolute Gasteiger partial charge is 0.211 e. The molecule has 0 N–H and O–H groups in total. The molecule has 0 radical (unpaired) electrons. The minimum Gasteiger partial charge on any atom is -0.213 e. The Labute approximate surface area is 82.2 Å². The third-order valence-electron chi connectivity index (χ3n) is 2.31. The van der Waals surface area contributed by atoms with Gasteiger partial charge in [-0.25, -0.2) is 12.7 Å². The van der Waals surface area contributed by atoms with Crippen molar-refractivity contribution < 1.29 is 8.42 Å². The van der Waals surface area contributed by atoms with Crippen LogP contribution in [0.5, 0.6) is 0 Å². The zero-order valence-electron chi connectivity index (χ0n) is 9.40. The molecule has 0 atom stereocenters. The molecule has 0 aliphatic heterocycles. The van der Waals surface area contributed by atoms with Gasteiger partial charge in [-0.2, -0.15) is 0 Å². The summed E-state index contributed by atoms with van der Waals surface area (Å²) in [5.74, 6) is 0.694. The lowest BCUT2D eigenvalue weighted by atomic mass is 9.94. The fraction of sp³-hybridized carbons (Fsp3) is 1.00. The molecule has 4 heteroatoms. The average Bonchev–Trinajstić information content (AvgIpc) is 1.82. The van der Waals surface area contributed by atoms with Crippen LogP contribution < -0.4 is 0 Å². The molecule has 3 nitrogen and oxygen atoms in total. The standard InChI is InChI=1S/C9H21NO2S/c1-7(2)9(8(3)4)10(5)13(6,11)12/h7-9H,1-6H3. The van der Waals surface area contributed by atoms with Gasteiger partial charge in [-0.05, 0) is 11.8 Å². The Bertz CT molecular complexity index is 236. The highest BCUT2D eigenvalue weighted by Crippen LogP contribution is 2.19. The predicted octanol–water partition coefficient (Wildman–Crippen LogP) is 1.56. The first-order valence-corrected chi connectivity index (χ1v) is 6.45. The Hall–Kier alpha value is -0.0900. The molecule has 0 aromatic carbocycles. The first kappa shape index (κ1) is 12.9. The van der Waals surface area contributed by atoms with Crippen molar-refractivity contribution in [3.05, 3.63) is 0 Å². The first-order valence-electron chi connectivity index (χ1n) is 4.61. The molecule has 0 rings (SSSR count). The van der Waals surface area contributed by atoms with Gasteiger partial charge in [0.05, 0.1) is 6.26 Å². The summed E-state index contributed by atoms with van der Waals surface area (Å²) in [5.41, 5.74) is 0. The van der Waals surface area contributed by atoms with Gasteiger partial charge in [0.15, 0.2) is 0 Å². The third-order valence-corrected chi connectivity index (χ3v) is 3.60. The number of nitrogens with zero attached hydrogens (tertiary/aromatic N) is 1. The van der Waals surface area contributed by atoms with Crippen LogP contribution in [-0.4, -0.2) is 32.1 Å². The Morgan fingerprint density at radius 2 is 1.31 bits per heavy atom. The highest BCUT2D eigenvalue weighted by atomic mass is 32.2. The summed E-state index contributed by atoms with van der Waals surface area (Å²) in [6.07, 6.45) is 1.25. The van der Waals surface area contributed by atoms with E-state index in [1.54, 1.807) is 7.05 Å². The molecule has 0 bridgehead atoms. The molecule has 0 saturated heterocycles. The van der Waals surface area contributed by atoms with Gasteiger partial charge in [0.1, 0.15) is 0 Å². The molecule has 13 heavy (non-hydrogen) atoms. The minimum atomic E-state index is -3.06. The van der Waals surface area contributed by atoms with Crippen molar-refractivity contribution in [1.82, 2.24) is 4.31 Å². The maximum Gasteiger partial charge on any atom is 0.211 e. The summed E-state index contributed by atoms with van der Waals surface area (Å²) in [4.78, 5) is 0. The lowest BCUT2D eigenvalue weighted by Gasteiger charge is -2.32. The number of sulfonamides is 1. The molecule has 0 aromatic heterocycles. The molecule has 80 valence electrons. The molecule has 0 fully saturated rings. The first-order chi connectivity index (χ1) is 5.68. The van der Waals surface area contributed by atoms with E-state index in [0.717, 1.165) is 0 Å². The summed E-state index contributed by atoms with van der Waals surface area (Å²) >= 11 is 0. The van der Waals surface area contributed by atoms with E-state index in [4.69, 9.17) is 0 Å². The Kier molecular flexibility index (Phi) is 4.39. The van der Waals surface area contributed by atoms with E-state index in [1.807, 2.05) is 27.7 Å². The second-order valence-corrected chi connectivity index (χ2v) is 6.30. The lowest BCUT2D eigenvalue weighted by molar-refractivity contribution is 0.231. The van der Waals surface area contributed by atoms with Crippen LogP contribution in [0.2, 0.25) is 0 Å². The van der Waals surface area contributed by atoms with Crippen molar-refractivity contribution in [3.63, 3.8) is 0 Å². The van der Waals surface area contributed by atoms with E-state index >= 15 is 0 Å². The van der Waals surface area contributed by atoms with Gasteiger partial charge in [-0.3, -0.25) is 0 Å². The fourth-order valence-corrected chi connectivity index (χ4v) is 2.76. The maximum absolute atomic E-state index is 11.3. The highest BCUT2D eigenvalue weighted by Gasteiger charge is 2.27. The van der Waals surface area contributed by atoms with Crippen LogP contribution in [0.4, 0.5) is 0 Å². The highest BCUT2D eigenvalue weighted by molar-refractivity contribution is 7.88. The van der Waals surface area contributed by atoms with Crippen LogP contribution in [0, 0.1) is 11.8 Å². The molecular formula is C9H21NO2S. The van der Waals surface area contributed by atoms with E-state index in [-0.39, 0.29) is 6.04 Å². The summed E-state index contributed by atoms with van der Waals surface area (Å²) in [6.45, 7) is 8.19. The van der Waals surface area contributed by atoms with Crippen LogP contribution in [0.1, 0.15) is 27.7 Å². The molecule has 0 spiro atoms. The lowest BCUT2D eigenvalue weighted by Crippen LogP contribution is -2.43. The molecule has 0 aliphatic carbocycles.